The number of hydrogen-bond donors (Lipinski definition) is 1. The van der Waals surface area contributed by atoms with Gasteiger partial charge in [-0.3, -0.25) is 9.36 Å². The van der Waals surface area contributed by atoms with E-state index in [9.17, 15) is 4.79 Å². The summed E-state index contributed by atoms with van der Waals surface area (Å²) in [5, 5.41) is 2.87. The summed E-state index contributed by atoms with van der Waals surface area (Å²) < 4.78 is 18.2. The monoisotopic (exact) mass is 415 g/mol. The molecule has 2 aromatic carbocycles. The quantitative estimate of drug-likeness (QED) is 0.515. The average molecular weight is 415 g/mol. The summed E-state index contributed by atoms with van der Waals surface area (Å²) >= 11 is 0. The molecule has 1 aliphatic heterocycles. The molecule has 0 saturated carbocycles. The molecule has 0 radical (unpaired) electrons. The molecule has 9 heteroatoms. The van der Waals surface area contributed by atoms with Gasteiger partial charge in [-0.15, -0.1) is 0 Å². The number of anilines is 1. The molecule has 5 rings (SSSR count). The maximum Gasteiger partial charge on any atom is 0.231 e. The van der Waals surface area contributed by atoms with Crippen molar-refractivity contribution in [2.45, 2.75) is 6.42 Å². The number of carbonyl (C=O) groups is 1. The molecule has 2 aromatic heterocycles. The predicted octanol–water partition coefficient (Wildman–Crippen LogP) is 3.36. The number of imidazole rings is 1. The lowest BCUT2D eigenvalue weighted by atomic mass is 10.1. The SMILES string of the molecule is O=C(Cc1ccc2c(c1)OCO2)Nc1ccc(Oc2cc(-n3ccnc3)ncn2)cc1. The molecule has 1 aliphatic rings. The molecule has 0 spiro atoms. The third-order valence-corrected chi connectivity index (χ3v) is 4.56. The molecule has 1 N–H and O–H groups in total. The van der Waals surface area contributed by atoms with Crippen LogP contribution >= 0.6 is 0 Å². The second-order valence-corrected chi connectivity index (χ2v) is 6.72. The van der Waals surface area contributed by atoms with Crippen LogP contribution in [0.4, 0.5) is 5.69 Å². The number of nitrogens with one attached hydrogen (secondary N) is 1. The van der Waals surface area contributed by atoms with E-state index in [0.29, 0.717) is 34.6 Å². The van der Waals surface area contributed by atoms with Crippen LogP contribution in [0, 0.1) is 0 Å². The zero-order valence-corrected chi connectivity index (χ0v) is 16.3. The molecule has 0 aliphatic carbocycles. The molecule has 1 amide bonds. The Kier molecular flexibility index (Phi) is 4.89. The second kappa shape index (κ2) is 8.15. The Labute approximate surface area is 177 Å². The minimum atomic E-state index is -0.131. The van der Waals surface area contributed by atoms with Crippen molar-refractivity contribution in [1.29, 1.82) is 0 Å². The van der Waals surface area contributed by atoms with Crippen LogP contribution in [0.2, 0.25) is 0 Å². The van der Waals surface area contributed by atoms with Crippen molar-refractivity contribution in [2.75, 3.05) is 12.1 Å². The van der Waals surface area contributed by atoms with Crippen molar-refractivity contribution in [2.24, 2.45) is 0 Å². The Balaban J connectivity index is 1.20. The van der Waals surface area contributed by atoms with Gasteiger partial charge in [-0.1, -0.05) is 6.07 Å². The van der Waals surface area contributed by atoms with Crippen LogP contribution in [0.3, 0.4) is 0 Å². The molecule has 0 unspecified atom stereocenters. The van der Waals surface area contributed by atoms with E-state index in [-0.39, 0.29) is 19.1 Å². The number of fused-ring (bicyclic) bond motifs is 1. The van der Waals surface area contributed by atoms with Crippen LogP contribution in [0.25, 0.3) is 5.82 Å². The molecule has 0 saturated heterocycles. The van der Waals surface area contributed by atoms with Crippen molar-refractivity contribution in [3.8, 4) is 28.9 Å². The van der Waals surface area contributed by atoms with E-state index in [1.165, 1.54) is 6.33 Å². The summed E-state index contributed by atoms with van der Waals surface area (Å²) in [6, 6.07) is 14.2. The van der Waals surface area contributed by atoms with E-state index >= 15 is 0 Å². The first-order valence-corrected chi connectivity index (χ1v) is 9.50. The summed E-state index contributed by atoms with van der Waals surface area (Å²) in [4.78, 5) is 24.7. The second-order valence-electron chi connectivity index (χ2n) is 6.72. The number of amides is 1. The van der Waals surface area contributed by atoms with Crippen molar-refractivity contribution in [3.63, 3.8) is 0 Å². The van der Waals surface area contributed by atoms with Crippen molar-refractivity contribution < 1.29 is 19.0 Å². The molecular weight excluding hydrogens is 398 g/mol. The van der Waals surface area contributed by atoms with E-state index in [1.807, 2.05) is 18.2 Å². The van der Waals surface area contributed by atoms with Gasteiger partial charge in [0.2, 0.25) is 18.6 Å². The standard InChI is InChI=1S/C22H17N5O4/c28-21(10-15-1-6-18-19(9-15)30-14-29-18)26-16-2-4-17(5-3-16)31-22-11-20(24-12-25-22)27-8-7-23-13-27/h1-9,11-13H,10,14H2,(H,26,28). The molecule has 31 heavy (non-hydrogen) atoms. The van der Waals surface area contributed by atoms with Crippen molar-refractivity contribution in [1.82, 2.24) is 19.5 Å². The molecular formula is C22H17N5O4. The molecule has 9 nitrogen and oxygen atoms in total. The van der Waals surface area contributed by atoms with E-state index in [2.05, 4.69) is 20.3 Å². The zero-order chi connectivity index (χ0) is 21.0. The van der Waals surface area contributed by atoms with Gasteiger partial charge in [0.05, 0.1) is 6.42 Å². The summed E-state index contributed by atoms with van der Waals surface area (Å²) in [5.41, 5.74) is 1.51. The van der Waals surface area contributed by atoms with E-state index < -0.39 is 0 Å². The Bertz CT molecular complexity index is 1210. The van der Waals surface area contributed by atoms with Crippen LogP contribution in [0.1, 0.15) is 5.56 Å². The van der Waals surface area contributed by atoms with E-state index in [1.54, 1.807) is 53.6 Å². The topological polar surface area (TPSA) is 100 Å². The highest BCUT2D eigenvalue weighted by atomic mass is 16.7. The third kappa shape index (κ3) is 4.30. The predicted molar refractivity (Wildman–Crippen MR) is 111 cm³/mol. The van der Waals surface area contributed by atoms with Crippen LogP contribution < -0.4 is 19.5 Å². The normalized spacial score (nSPS) is 11.9. The highest BCUT2D eigenvalue weighted by molar-refractivity contribution is 5.92. The minimum absolute atomic E-state index is 0.131. The van der Waals surface area contributed by atoms with Gasteiger partial charge in [0, 0.05) is 24.1 Å². The summed E-state index contributed by atoms with van der Waals surface area (Å²) in [6.45, 7) is 0.208. The number of aromatic nitrogens is 4. The number of nitrogens with zero attached hydrogens (tertiary/aromatic N) is 4. The van der Waals surface area contributed by atoms with Gasteiger partial charge in [0.15, 0.2) is 11.5 Å². The molecule has 3 heterocycles. The van der Waals surface area contributed by atoms with Crippen LogP contribution in [-0.2, 0) is 11.2 Å². The van der Waals surface area contributed by atoms with Gasteiger partial charge < -0.3 is 19.5 Å². The number of benzene rings is 2. The summed E-state index contributed by atoms with van der Waals surface area (Å²) in [6.07, 6.45) is 6.75. The fraction of sp³-hybridized carbons (Fsp3) is 0.0909. The summed E-state index contributed by atoms with van der Waals surface area (Å²) in [5.74, 6) is 2.86. The number of ether oxygens (including phenoxy) is 3. The smallest absolute Gasteiger partial charge is 0.231 e. The lowest BCUT2D eigenvalue weighted by molar-refractivity contribution is -0.115. The van der Waals surface area contributed by atoms with E-state index in [4.69, 9.17) is 14.2 Å². The average Bonchev–Trinajstić information content (AvgIpc) is 3.47. The molecule has 0 fully saturated rings. The van der Waals surface area contributed by atoms with Crippen LogP contribution in [-0.4, -0.2) is 32.2 Å². The first-order valence-electron chi connectivity index (χ1n) is 9.50. The Morgan fingerprint density at radius 3 is 2.77 bits per heavy atom. The highest BCUT2D eigenvalue weighted by Crippen LogP contribution is 2.32. The van der Waals surface area contributed by atoms with Crippen LogP contribution in [0.5, 0.6) is 23.1 Å². The number of hydrogen-bond acceptors (Lipinski definition) is 7. The largest absolute Gasteiger partial charge is 0.454 e. The highest BCUT2D eigenvalue weighted by Gasteiger charge is 2.14. The lowest BCUT2D eigenvalue weighted by Crippen LogP contribution is -2.14. The first kappa shape index (κ1) is 18.6. The van der Waals surface area contributed by atoms with Gasteiger partial charge in [0.1, 0.15) is 24.2 Å². The van der Waals surface area contributed by atoms with Gasteiger partial charge >= 0.3 is 0 Å². The zero-order valence-electron chi connectivity index (χ0n) is 16.3. The molecule has 4 aromatic rings. The van der Waals surface area contributed by atoms with Crippen molar-refractivity contribution in [3.05, 3.63) is 79.1 Å². The molecule has 0 atom stereocenters. The number of carbonyl (C=O) groups excluding carboxylic acids is 1. The lowest BCUT2D eigenvalue weighted by Gasteiger charge is -2.09. The Hall–Kier alpha value is -4.40. The van der Waals surface area contributed by atoms with Gasteiger partial charge in [-0.05, 0) is 42.0 Å². The maximum atomic E-state index is 12.4. The van der Waals surface area contributed by atoms with Gasteiger partial charge in [-0.2, -0.15) is 0 Å². The maximum absolute atomic E-state index is 12.4. The minimum Gasteiger partial charge on any atom is -0.454 e. The Morgan fingerprint density at radius 2 is 1.94 bits per heavy atom. The first-order chi connectivity index (χ1) is 15.2. The fourth-order valence-corrected chi connectivity index (χ4v) is 3.09. The Morgan fingerprint density at radius 1 is 1.06 bits per heavy atom. The van der Waals surface area contributed by atoms with Crippen molar-refractivity contribution >= 4 is 11.6 Å². The summed E-state index contributed by atoms with van der Waals surface area (Å²) in [7, 11) is 0. The third-order valence-electron chi connectivity index (χ3n) is 4.56. The van der Waals surface area contributed by atoms with Gasteiger partial charge in [0.25, 0.3) is 0 Å². The fourth-order valence-electron chi connectivity index (χ4n) is 3.09. The van der Waals surface area contributed by atoms with Crippen LogP contribution in [0.15, 0.2) is 73.6 Å². The van der Waals surface area contributed by atoms with Gasteiger partial charge in [-0.25, -0.2) is 15.0 Å². The molecule has 154 valence electrons. The molecule has 0 bridgehead atoms. The van der Waals surface area contributed by atoms with E-state index in [0.717, 1.165) is 5.56 Å². The number of rotatable bonds is 6.